The Labute approximate surface area is 188 Å². The molecule has 0 spiro atoms. The molecule has 0 saturated carbocycles. The number of nitrogens with zero attached hydrogens (tertiary/aromatic N) is 1. The summed E-state index contributed by atoms with van der Waals surface area (Å²) in [7, 11) is 1.97. The Balaban J connectivity index is 1.90. The van der Waals surface area contributed by atoms with E-state index >= 15 is 0 Å². The summed E-state index contributed by atoms with van der Waals surface area (Å²) in [4.78, 5) is 26.5. The molecule has 0 unspecified atom stereocenters. The third kappa shape index (κ3) is 5.62. The van der Waals surface area contributed by atoms with E-state index in [1.807, 2.05) is 7.05 Å². The Morgan fingerprint density at radius 3 is 2.33 bits per heavy atom. The predicted octanol–water partition coefficient (Wildman–Crippen LogP) is 4.60. The Morgan fingerprint density at radius 2 is 1.73 bits per heavy atom. The summed E-state index contributed by atoms with van der Waals surface area (Å²) in [6.07, 6.45) is -1.54. The average molecular weight is 467 g/mol. The zero-order chi connectivity index (χ0) is 24.3. The van der Waals surface area contributed by atoms with Crippen LogP contribution in [0.3, 0.4) is 0 Å². The van der Waals surface area contributed by atoms with Gasteiger partial charge in [-0.1, -0.05) is 18.2 Å². The fourth-order valence-corrected chi connectivity index (χ4v) is 3.84. The smallest absolute Gasteiger partial charge is 0.338 e. The number of hydrogen-bond donors (Lipinski definition) is 3. The van der Waals surface area contributed by atoms with Crippen LogP contribution in [0.25, 0.3) is 0 Å². The first-order valence-corrected chi connectivity index (χ1v) is 10.5. The van der Waals surface area contributed by atoms with Crippen molar-refractivity contribution in [3.63, 3.8) is 0 Å². The van der Waals surface area contributed by atoms with Crippen LogP contribution in [0.1, 0.15) is 64.1 Å². The maximum Gasteiger partial charge on any atom is 0.338 e. The number of hydrogen-bond acceptors (Lipinski definition) is 4. The number of benzene rings is 2. The molecule has 1 atom stereocenters. The van der Waals surface area contributed by atoms with Gasteiger partial charge in [0.25, 0.3) is 12.3 Å². The average Bonchev–Trinajstić information content (AvgIpc) is 2.75. The first-order valence-electron chi connectivity index (χ1n) is 10.5. The quantitative estimate of drug-likeness (QED) is 0.519. The van der Waals surface area contributed by atoms with Crippen LogP contribution in [0.15, 0.2) is 30.3 Å². The molecule has 1 aliphatic rings. The number of carboxylic acid groups (broad SMARTS) is 1. The highest BCUT2D eigenvalue weighted by molar-refractivity contribution is 6.02. The number of anilines is 1. The number of nitrogens with one attached hydrogen (secondary N) is 2. The molecule has 2 aromatic carbocycles. The summed E-state index contributed by atoms with van der Waals surface area (Å²) >= 11 is 0. The number of rotatable bonds is 7. The van der Waals surface area contributed by atoms with Crippen molar-refractivity contribution in [2.24, 2.45) is 0 Å². The molecule has 1 heterocycles. The van der Waals surface area contributed by atoms with Gasteiger partial charge in [-0.2, -0.15) is 0 Å². The SMILES string of the molecule is C[C@@H](NC(=O)c1cc(C(=O)O)c(F)cc1NC1CCN(C)CC1)c1cccc(C(F)F)c1F. The summed E-state index contributed by atoms with van der Waals surface area (Å²) < 4.78 is 54.9. The molecule has 0 bridgehead atoms. The minimum Gasteiger partial charge on any atom is -0.478 e. The molecule has 33 heavy (non-hydrogen) atoms. The molecule has 6 nitrogen and oxygen atoms in total. The van der Waals surface area contributed by atoms with Crippen LogP contribution in [0.2, 0.25) is 0 Å². The number of halogens is 4. The highest BCUT2D eigenvalue weighted by atomic mass is 19.3. The molecule has 3 rings (SSSR count). The van der Waals surface area contributed by atoms with Crippen molar-refractivity contribution in [2.45, 2.75) is 38.3 Å². The normalized spacial score (nSPS) is 16.0. The van der Waals surface area contributed by atoms with E-state index in [9.17, 15) is 32.3 Å². The molecule has 3 N–H and O–H groups in total. The summed E-state index contributed by atoms with van der Waals surface area (Å²) in [6.45, 7) is 3.01. The number of carboxylic acids is 1. The summed E-state index contributed by atoms with van der Waals surface area (Å²) in [5.74, 6) is -4.47. The Bertz CT molecular complexity index is 1040. The molecule has 1 aliphatic heterocycles. The maximum atomic E-state index is 14.5. The highest BCUT2D eigenvalue weighted by Crippen LogP contribution is 2.29. The molecule has 10 heteroatoms. The third-order valence-electron chi connectivity index (χ3n) is 5.77. The van der Waals surface area contributed by atoms with Gasteiger partial charge in [-0.15, -0.1) is 0 Å². The van der Waals surface area contributed by atoms with Crippen LogP contribution in [-0.2, 0) is 0 Å². The lowest BCUT2D eigenvalue weighted by Crippen LogP contribution is -2.37. The molecule has 1 fully saturated rings. The molecule has 1 saturated heterocycles. The maximum absolute atomic E-state index is 14.5. The van der Waals surface area contributed by atoms with E-state index in [4.69, 9.17) is 0 Å². The van der Waals surface area contributed by atoms with E-state index in [0.717, 1.165) is 44.1 Å². The Kier molecular flexibility index (Phi) is 7.57. The molecule has 0 radical (unpaired) electrons. The van der Waals surface area contributed by atoms with Crippen LogP contribution < -0.4 is 10.6 Å². The van der Waals surface area contributed by atoms with Crippen molar-refractivity contribution in [3.05, 3.63) is 64.2 Å². The van der Waals surface area contributed by atoms with E-state index in [-0.39, 0.29) is 22.9 Å². The molecule has 0 aliphatic carbocycles. The summed E-state index contributed by atoms with van der Waals surface area (Å²) in [6, 6.07) is 4.31. The second-order valence-corrected chi connectivity index (χ2v) is 8.15. The van der Waals surface area contributed by atoms with Gasteiger partial charge < -0.3 is 20.6 Å². The standard InChI is InChI=1S/C23H25F4N3O3/c1-12(14-4-3-5-15(20(14)25)21(26)27)28-22(31)17-10-16(23(32)33)18(24)11-19(17)29-13-6-8-30(2)9-7-13/h3-5,10-13,21,29H,6-9H2,1-2H3,(H,28,31)(H,32,33)/t12-/m1/s1. The van der Waals surface area contributed by atoms with Gasteiger partial charge >= 0.3 is 5.97 Å². The fraction of sp³-hybridized carbons (Fsp3) is 0.391. The van der Waals surface area contributed by atoms with Crippen LogP contribution in [-0.4, -0.2) is 48.1 Å². The number of aromatic carboxylic acids is 1. The van der Waals surface area contributed by atoms with Gasteiger partial charge in [0.2, 0.25) is 0 Å². The number of alkyl halides is 2. The first-order chi connectivity index (χ1) is 15.6. The number of amides is 1. The molecule has 178 valence electrons. The number of carbonyl (C=O) groups is 2. The molecule has 0 aromatic heterocycles. The van der Waals surface area contributed by atoms with Gasteiger partial charge in [0.05, 0.1) is 28.4 Å². The van der Waals surface area contributed by atoms with E-state index < -0.39 is 47.1 Å². The van der Waals surface area contributed by atoms with E-state index in [1.165, 1.54) is 19.1 Å². The van der Waals surface area contributed by atoms with E-state index in [2.05, 4.69) is 15.5 Å². The zero-order valence-corrected chi connectivity index (χ0v) is 18.2. The Morgan fingerprint density at radius 1 is 1.09 bits per heavy atom. The largest absolute Gasteiger partial charge is 0.478 e. The lowest BCUT2D eigenvalue weighted by atomic mass is 10.0. The lowest BCUT2D eigenvalue weighted by Gasteiger charge is -2.30. The molecule has 2 aromatic rings. The van der Waals surface area contributed by atoms with Crippen molar-refractivity contribution in [1.82, 2.24) is 10.2 Å². The van der Waals surface area contributed by atoms with Gasteiger partial charge in [-0.25, -0.2) is 22.4 Å². The van der Waals surface area contributed by atoms with Gasteiger partial charge in [0, 0.05) is 11.6 Å². The Hall–Kier alpha value is -3.14. The van der Waals surface area contributed by atoms with Crippen molar-refractivity contribution >= 4 is 17.6 Å². The number of likely N-dealkylation sites (tertiary alicyclic amines) is 1. The fourth-order valence-electron chi connectivity index (χ4n) is 3.84. The van der Waals surface area contributed by atoms with Crippen LogP contribution >= 0.6 is 0 Å². The van der Waals surface area contributed by atoms with Gasteiger partial charge in [-0.05, 0) is 52.0 Å². The lowest BCUT2D eigenvalue weighted by molar-refractivity contribution is 0.0692. The van der Waals surface area contributed by atoms with E-state index in [0.29, 0.717) is 0 Å². The van der Waals surface area contributed by atoms with Crippen LogP contribution in [0.4, 0.5) is 23.2 Å². The molecular formula is C23H25F4N3O3. The van der Waals surface area contributed by atoms with Crippen molar-refractivity contribution in [1.29, 1.82) is 0 Å². The number of carbonyl (C=O) groups excluding carboxylic acids is 1. The van der Waals surface area contributed by atoms with Crippen LogP contribution in [0, 0.1) is 11.6 Å². The van der Waals surface area contributed by atoms with Crippen molar-refractivity contribution in [3.8, 4) is 0 Å². The first kappa shape index (κ1) is 24.5. The predicted molar refractivity (Wildman–Crippen MR) is 115 cm³/mol. The van der Waals surface area contributed by atoms with Gasteiger partial charge in [0.1, 0.15) is 11.6 Å². The van der Waals surface area contributed by atoms with E-state index in [1.54, 1.807) is 0 Å². The highest BCUT2D eigenvalue weighted by Gasteiger charge is 2.25. The van der Waals surface area contributed by atoms with Gasteiger partial charge in [-0.3, -0.25) is 4.79 Å². The summed E-state index contributed by atoms with van der Waals surface area (Å²) in [5.41, 5.74) is -1.64. The van der Waals surface area contributed by atoms with Crippen molar-refractivity contribution in [2.75, 3.05) is 25.5 Å². The monoisotopic (exact) mass is 467 g/mol. The molecule has 1 amide bonds. The second kappa shape index (κ2) is 10.2. The van der Waals surface area contributed by atoms with Crippen molar-refractivity contribution < 1.29 is 32.3 Å². The second-order valence-electron chi connectivity index (χ2n) is 8.15. The minimum atomic E-state index is -3.02. The molecular weight excluding hydrogens is 442 g/mol. The van der Waals surface area contributed by atoms with Crippen LogP contribution in [0.5, 0.6) is 0 Å². The minimum absolute atomic E-state index is 0.0552. The summed E-state index contributed by atoms with van der Waals surface area (Å²) in [5, 5.41) is 14.9. The van der Waals surface area contributed by atoms with Gasteiger partial charge in [0.15, 0.2) is 0 Å². The zero-order valence-electron chi connectivity index (χ0n) is 18.2. The topological polar surface area (TPSA) is 81.7 Å². The third-order valence-corrected chi connectivity index (χ3v) is 5.77. The number of piperidine rings is 1.